The third kappa shape index (κ3) is 5.45. The second-order valence-electron chi connectivity index (χ2n) is 7.34. The fraction of sp³-hybridized carbons (Fsp3) is 0.789. The van der Waals surface area contributed by atoms with Crippen molar-refractivity contribution < 1.29 is 4.74 Å². The molecule has 1 aromatic heterocycles. The molecule has 1 unspecified atom stereocenters. The van der Waals surface area contributed by atoms with Crippen LogP contribution < -0.4 is 5.32 Å². The van der Waals surface area contributed by atoms with Crippen LogP contribution in [0.5, 0.6) is 0 Å². The molecule has 7 nitrogen and oxygen atoms in total. The van der Waals surface area contributed by atoms with Gasteiger partial charge < -0.3 is 19.9 Å². The summed E-state index contributed by atoms with van der Waals surface area (Å²) in [7, 11) is 3.81. The van der Waals surface area contributed by atoms with Gasteiger partial charge in [0.05, 0.1) is 19.3 Å². The second kappa shape index (κ2) is 9.92. The van der Waals surface area contributed by atoms with Crippen molar-refractivity contribution in [3.63, 3.8) is 0 Å². The van der Waals surface area contributed by atoms with Gasteiger partial charge >= 0.3 is 0 Å². The van der Waals surface area contributed by atoms with Crippen LogP contribution in [0.4, 0.5) is 0 Å². The van der Waals surface area contributed by atoms with E-state index < -0.39 is 0 Å². The van der Waals surface area contributed by atoms with Gasteiger partial charge in [0, 0.05) is 38.9 Å². The van der Waals surface area contributed by atoms with Crippen molar-refractivity contribution in [1.29, 1.82) is 0 Å². The third-order valence-corrected chi connectivity index (χ3v) is 5.31. The molecule has 0 spiro atoms. The van der Waals surface area contributed by atoms with E-state index >= 15 is 0 Å². The minimum Gasteiger partial charge on any atom is -0.370 e. The number of hydrogen-bond donors (Lipinski definition) is 1. The maximum atomic E-state index is 5.93. The van der Waals surface area contributed by atoms with Crippen molar-refractivity contribution in [2.24, 2.45) is 12.0 Å². The highest BCUT2D eigenvalue weighted by molar-refractivity contribution is 5.80. The van der Waals surface area contributed by atoms with Crippen LogP contribution in [-0.4, -0.2) is 78.5 Å². The number of ether oxygens (including phenoxy) is 1. The van der Waals surface area contributed by atoms with Crippen LogP contribution >= 0.6 is 0 Å². The molecule has 26 heavy (non-hydrogen) atoms. The van der Waals surface area contributed by atoms with Crippen molar-refractivity contribution in [3.05, 3.63) is 18.0 Å². The van der Waals surface area contributed by atoms with E-state index in [1.54, 1.807) is 0 Å². The molecule has 0 aliphatic carbocycles. The highest BCUT2D eigenvalue weighted by Crippen LogP contribution is 2.21. The highest BCUT2D eigenvalue weighted by atomic mass is 16.5. The first-order valence-electron chi connectivity index (χ1n) is 10.0. The molecule has 2 aliphatic rings. The molecular formula is C19H34N6O. The normalized spacial score (nSPS) is 23.1. The number of likely N-dealkylation sites (tertiary alicyclic amines) is 1. The number of nitrogens with zero attached hydrogens (tertiary/aromatic N) is 5. The number of morpholine rings is 1. The summed E-state index contributed by atoms with van der Waals surface area (Å²) in [5.74, 6) is 0.984. The van der Waals surface area contributed by atoms with Gasteiger partial charge in [0.2, 0.25) is 0 Å². The minimum atomic E-state index is 0.0631. The predicted octanol–water partition coefficient (Wildman–Crippen LogP) is 1.63. The van der Waals surface area contributed by atoms with Gasteiger partial charge in [-0.1, -0.05) is 12.8 Å². The van der Waals surface area contributed by atoms with Gasteiger partial charge in [-0.3, -0.25) is 9.67 Å². The van der Waals surface area contributed by atoms with E-state index in [2.05, 4.69) is 25.2 Å². The number of nitrogens with one attached hydrogen (secondary N) is 1. The minimum absolute atomic E-state index is 0.0631. The lowest BCUT2D eigenvalue weighted by molar-refractivity contribution is -0.00802. The molecule has 2 saturated heterocycles. The summed E-state index contributed by atoms with van der Waals surface area (Å²) in [5.41, 5.74) is 1.13. The summed E-state index contributed by atoms with van der Waals surface area (Å²) >= 11 is 0. The Morgan fingerprint density at radius 2 is 2.08 bits per heavy atom. The fourth-order valence-corrected chi connectivity index (χ4v) is 3.84. The van der Waals surface area contributed by atoms with E-state index in [0.717, 1.165) is 37.6 Å². The van der Waals surface area contributed by atoms with Crippen LogP contribution in [0.3, 0.4) is 0 Å². The molecular weight excluding hydrogens is 328 g/mol. The summed E-state index contributed by atoms with van der Waals surface area (Å²) < 4.78 is 7.76. The lowest BCUT2D eigenvalue weighted by Gasteiger charge is -2.34. The van der Waals surface area contributed by atoms with Crippen molar-refractivity contribution >= 4 is 5.96 Å². The molecule has 3 heterocycles. The quantitative estimate of drug-likeness (QED) is 0.490. The number of aryl methyl sites for hydroxylation is 1. The van der Waals surface area contributed by atoms with Crippen molar-refractivity contribution in [2.75, 3.05) is 52.9 Å². The molecule has 146 valence electrons. The molecule has 1 aromatic rings. The van der Waals surface area contributed by atoms with Gasteiger partial charge in [0.25, 0.3) is 0 Å². The summed E-state index contributed by atoms with van der Waals surface area (Å²) in [6, 6.07) is 0. The second-order valence-corrected chi connectivity index (χ2v) is 7.34. The van der Waals surface area contributed by atoms with Gasteiger partial charge in [0.1, 0.15) is 6.10 Å². The van der Waals surface area contributed by atoms with Crippen molar-refractivity contribution in [1.82, 2.24) is 24.9 Å². The molecule has 0 saturated carbocycles. The summed E-state index contributed by atoms with van der Waals surface area (Å²) in [5, 5.41) is 7.81. The van der Waals surface area contributed by atoms with E-state index in [9.17, 15) is 0 Å². The average molecular weight is 363 g/mol. The Morgan fingerprint density at radius 1 is 1.27 bits per heavy atom. The first kappa shape index (κ1) is 19.2. The van der Waals surface area contributed by atoms with Gasteiger partial charge in [0.15, 0.2) is 5.96 Å². The number of guanidine groups is 1. The molecule has 0 radical (unpaired) electrons. The Kier molecular flexibility index (Phi) is 7.32. The zero-order chi connectivity index (χ0) is 18.2. The van der Waals surface area contributed by atoms with Crippen LogP contribution in [0.2, 0.25) is 0 Å². The first-order valence-corrected chi connectivity index (χ1v) is 10.0. The number of rotatable bonds is 5. The van der Waals surface area contributed by atoms with E-state index in [1.807, 2.05) is 31.2 Å². The Balaban J connectivity index is 1.43. The molecule has 3 rings (SSSR count). The lowest BCUT2D eigenvalue weighted by Crippen LogP contribution is -2.48. The Hall–Kier alpha value is -1.60. The zero-order valence-corrected chi connectivity index (χ0v) is 16.4. The Bertz CT molecular complexity index is 564. The summed E-state index contributed by atoms with van der Waals surface area (Å²) in [6.07, 6.45) is 10.7. The average Bonchev–Trinajstić information content (AvgIpc) is 2.93. The van der Waals surface area contributed by atoms with Gasteiger partial charge in [-0.05, 0) is 38.9 Å². The van der Waals surface area contributed by atoms with Crippen molar-refractivity contribution in [2.45, 2.75) is 38.2 Å². The van der Waals surface area contributed by atoms with Crippen LogP contribution in [0.15, 0.2) is 17.4 Å². The number of aliphatic imine (C=N–C) groups is 1. The molecule has 0 bridgehead atoms. The number of aromatic nitrogens is 2. The fourth-order valence-electron chi connectivity index (χ4n) is 3.84. The number of hydrogen-bond acceptors (Lipinski definition) is 4. The van der Waals surface area contributed by atoms with Crippen LogP contribution in [0.1, 0.15) is 43.8 Å². The molecule has 0 aromatic carbocycles. The first-order chi connectivity index (χ1) is 12.8. The molecule has 7 heteroatoms. The van der Waals surface area contributed by atoms with Crippen LogP contribution in [0, 0.1) is 0 Å². The zero-order valence-electron chi connectivity index (χ0n) is 16.4. The smallest absolute Gasteiger partial charge is 0.193 e. The van der Waals surface area contributed by atoms with E-state index in [-0.39, 0.29) is 6.10 Å². The van der Waals surface area contributed by atoms with Crippen molar-refractivity contribution in [3.8, 4) is 0 Å². The van der Waals surface area contributed by atoms with E-state index in [4.69, 9.17) is 4.74 Å². The topological polar surface area (TPSA) is 57.9 Å². The lowest BCUT2D eigenvalue weighted by atomic mass is 10.1. The highest BCUT2D eigenvalue weighted by Gasteiger charge is 2.25. The third-order valence-electron chi connectivity index (χ3n) is 5.31. The summed E-state index contributed by atoms with van der Waals surface area (Å²) in [4.78, 5) is 9.40. The maximum absolute atomic E-state index is 5.93. The standard InChI is InChI=1S/C19H34N6O/c1-20-19(21-8-7-11-24-9-5-3-4-6-10-24)25-12-13-26-18(16-25)17-14-22-23(2)15-17/h14-15,18H,3-13,16H2,1-2H3,(H,20,21). The van der Waals surface area contributed by atoms with Crippen LogP contribution in [-0.2, 0) is 11.8 Å². The Labute approximate surface area is 157 Å². The molecule has 2 aliphatic heterocycles. The summed E-state index contributed by atoms with van der Waals surface area (Å²) in [6.45, 7) is 7.10. The predicted molar refractivity (Wildman–Crippen MR) is 104 cm³/mol. The molecule has 1 N–H and O–H groups in total. The van der Waals surface area contributed by atoms with E-state index in [0.29, 0.717) is 6.61 Å². The van der Waals surface area contributed by atoms with Gasteiger partial charge in [-0.2, -0.15) is 5.10 Å². The SMILES string of the molecule is CN=C(NCCCN1CCCCCC1)N1CCOC(c2cnn(C)c2)C1. The van der Waals surface area contributed by atoms with Gasteiger partial charge in [-0.15, -0.1) is 0 Å². The largest absolute Gasteiger partial charge is 0.370 e. The molecule has 2 fully saturated rings. The maximum Gasteiger partial charge on any atom is 0.193 e. The monoisotopic (exact) mass is 362 g/mol. The molecule has 1 atom stereocenters. The Morgan fingerprint density at radius 3 is 2.77 bits per heavy atom. The van der Waals surface area contributed by atoms with Crippen LogP contribution in [0.25, 0.3) is 0 Å². The molecule has 0 amide bonds. The van der Waals surface area contributed by atoms with Gasteiger partial charge in [-0.25, -0.2) is 0 Å². The van der Waals surface area contributed by atoms with E-state index in [1.165, 1.54) is 45.3 Å².